The fourth-order valence-corrected chi connectivity index (χ4v) is 2.12. The smallest absolute Gasteiger partial charge is 0.270 e. The van der Waals surface area contributed by atoms with E-state index in [2.05, 4.69) is 4.98 Å². The number of hydrogen-bond acceptors (Lipinski definition) is 3. The second-order valence-electron chi connectivity index (χ2n) is 4.68. The summed E-state index contributed by atoms with van der Waals surface area (Å²) in [6.45, 7) is 1.96. The number of ether oxygens (including phenoxy) is 1. The highest BCUT2D eigenvalue weighted by Gasteiger charge is 2.22. The Bertz CT molecular complexity index is 607. The van der Waals surface area contributed by atoms with E-state index >= 15 is 0 Å². The maximum absolute atomic E-state index is 12.4. The van der Waals surface area contributed by atoms with E-state index in [0.29, 0.717) is 11.4 Å². The summed E-state index contributed by atoms with van der Waals surface area (Å²) in [6.07, 6.45) is 1.61. The maximum atomic E-state index is 12.4. The van der Waals surface area contributed by atoms with Gasteiger partial charge in [0.15, 0.2) is 0 Å². The number of methoxy groups -OCH3 is 1. The van der Waals surface area contributed by atoms with Crippen molar-refractivity contribution in [2.45, 2.75) is 13.0 Å². The first-order valence-corrected chi connectivity index (χ1v) is 6.38. The normalized spacial score (nSPS) is 11.9. The zero-order valence-electron chi connectivity index (χ0n) is 11.9. The van der Waals surface area contributed by atoms with Crippen LogP contribution in [0.3, 0.4) is 0 Å². The highest BCUT2D eigenvalue weighted by Crippen LogP contribution is 2.28. The summed E-state index contributed by atoms with van der Waals surface area (Å²) in [7, 11) is 3.38. The molecule has 0 radical (unpaired) electrons. The Hall–Kier alpha value is -2.43. The molecule has 2 rings (SSSR count). The number of rotatable bonds is 4. The molecular weight excluding hydrogens is 254 g/mol. The van der Waals surface area contributed by atoms with Crippen molar-refractivity contribution in [1.29, 1.82) is 0 Å². The van der Waals surface area contributed by atoms with E-state index in [1.807, 2.05) is 31.2 Å². The van der Waals surface area contributed by atoms with E-state index in [1.54, 1.807) is 31.3 Å². The molecule has 2 aromatic rings. The minimum atomic E-state index is -0.111. The number of nitrogens with two attached hydrogens (primary N) is 1. The Morgan fingerprint density at radius 2 is 2.10 bits per heavy atom. The molecule has 1 aromatic heterocycles. The van der Waals surface area contributed by atoms with Crippen LogP contribution in [0.2, 0.25) is 0 Å². The fourth-order valence-electron chi connectivity index (χ4n) is 2.12. The SMILES string of the molecule is COc1ccccc1C(C)N(C)C(=O)c1cc(N)c[nH]1. The van der Waals surface area contributed by atoms with Gasteiger partial charge in [0.2, 0.25) is 0 Å². The minimum absolute atomic E-state index is 0.108. The number of carbonyl (C=O) groups is 1. The molecule has 1 amide bonds. The van der Waals surface area contributed by atoms with Crippen LogP contribution in [0, 0.1) is 0 Å². The molecule has 0 saturated heterocycles. The molecule has 0 saturated carbocycles. The third-order valence-corrected chi connectivity index (χ3v) is 3.43. The number of benzene rings is 1. The number of anilines is 1. The molecule has 5 heteroatoms. The van der Waals surface area contributed by atoms with Gasteiger partial charge in [0.05, 0.1) is 13.2 Å². The van der Waals surface area contributed by atoms with Crippen molar-refractivity contribution in [3.8, 4) is 5.75 Å². The van der Waals surface area contributed by atoms with Crippen molar-refractivity contribution >= 4 is 11.6 Å². The number of carbonyl (C=O) groups excluding carboxylic acids is 1. The third-order valence-electron chi connectivity index (χ3n) is 3.43. The summed E-state index contributed by atoms with van der Waals surface area (Å²) >= 11 is 0. The standard InChI is InChI=1S/C15H19N3O2/c1-10(12-6-4-5-7-14(12)20-3)18(2)15(19)13-8-11(16)9-17-13/h4-10,17H,16H2,1-3H3. The van der Waals surface area contributed by atoms with Crippen LogP contribution >= 0.6 is 0 Å². The largest absolute Gasteiger partial charge is 0.496 e. The second-order valence-corrected chi connectivity index (χ2v) is 4.68. The molecular formula is C15H19N3O2. The molecule has 1 aromatic carbocycles. The number of para-hydroxylation sites is 1. The van der Waals surface area contributed by atoms with Gasteiger partial charge < -0.3 is 20.4 Å². The third kappa shape index (κ3) is 2.61. The van der Waals surface area contributed by atoms with Gasteiger partial charge in [0.25, 0.3) is 5.91 Å². The summed E-state index contributed by atoms with van der Waals surface area (Å²) in [5, 5.41) is 0. The van der Waals surface area contributed by atoms with E-state index in [1.165, 1.54) is 0 Å². The molecule has 0 aliphatic carbocycles. The van der Waals surface area contributed by atoms with Gasteiger partial charge >= 0.3 is 0 Å². The molecule has 5 nitrogen and oxygen atoms in total. The van der Waals surface area contributed by atoms with Crippen molar-refractivity contribution in [1.82, 2.24) is 9.88 Å². The first-order valence-electron chi connectivity index (χ1n) is 6.38. The van der Waals surface area contributed by atoms with Crippen LogP contribution in [0.5, 0.6) is 5.75 Å². The number of nitrogen functional groups attached to an aromatic ring is 1. The van der Waals surface area contributed by atoms with Crippen LogP contribution in [0.4, 0.5) is 5.69 Å². The zero-order valence-corrected chi connectivity index (χ0v) is 11.9. The highest BCUT2D eigenvalue weighted by molar-refractivity contribution is 5.93. The molecule has 1 unspecified atom stereocenters. The lowest BCUT2D eigenvalue weighted by atomic mass is 10.1. The zero-order chi connectivity index (χ0) is 14.7. The van der Waals surface area contributed by atoms with Crippen LogP contribution in [-0.2, 0) is 0 Å². The lowest BCUT2D eigenvalue weighted by Crippen LogP contribution is -2.30. The highest BCUT2D eigenvalue weighted by atomic mass is 16.5. The van der Waals surface area contributed by atoms with Crippen LogP contribution in [0.1, 0.15) is 29.0 Å². The lowest BCUT2D eigenvalue weighted by Gasteiger charge is -2.26. The molecule has 0 aliphatic rings. The number of amides is 1. The van der Waals surface area contributed by atoms with E-state index in [-0.39, 0.29) is 11.9 Å². The summed E-state index contributed by atoms with van der Waals surface area (Å²) in [5.41, 5.74) is 7.62. The molecule has 0 spiro atoms. The Morgan fingerprint density at radius 1 is 1.40 bits per heavy atom. The van der Waals surface area contributed by atoms with Gasteiger partial charge in [-0.2, -0.15) is 0 Å². The summed E-state index contributed by atoms with van der Waals surface area (Å²) in [5.74, 6) is 0.658. The summed E-state index contributed by atoms with van der Waals surface area (Å²) < 4.78 is 5.34. The average Bonchev–Trinajstić information content (AvgIpc) is 2.91. The summed E-state index contributed by atoms with van der Waals surface area (Å²) in [6, 6.07) is 9.20. The first-order chi connectivity index (χ1) is 9.54. The van der Waals surface area contributed by atoms with Gasteiger partial charge in [0, 0.05) is 24.5 Å². The molecule has 20 heavy (non-hydrogen) atoms. The monoisotopic (exact) mass is 273 g/mol. The van der Waals surface area contributed by atoms with E-state index in [0.717, 1.165) is 11.3 Å². The second kappa shape index (κ2) is 5.69. The number of nitrogens with zero attached hydrogens (tertiary/aromatic N) is 1. The van der Waals surface area contributed by atoms with Crippen molar-refractivity contribution in [3.63, 3.8) is 0 Å². The van der Waals surface area contributed by atoms with Gasteiger partial charge in [-0.3, -0.25) is 4.79 Å². The topological polar surface area (TPSA) is 71.3 Å². The Balaban J connectivity index is 2.24. The lowest BCUT2D eigenvalue weighted by molar-refractivity contribution is 0.0736. The molecule has 0 aliphatic heterocycles. The van der Waals surface area contributed by atoms with Gasteiger partial charge in [-0.05, 0) is 19.1 Å². The van der Waals surface area contributed by atoms with Crippen molar-refractivity contribution in [3.05, 3.63) is 47.8 Å². The number of aromatic nitrogens is 1. The predicted octanol–water partition coefficient (Wildman–Crippen LogP) is 2.44. The molecule has 1 atom stereocenters. The van der Waals surface area contributed by atoms with Gasteiger partial charge in [-0.25, -0.2) is 0 Å². The molecule has 106 valence electrons. The average molecular weight is 273 g/mol. The Morgan fingerprint density at radius 3 is 2.70 bits per heavy atom. The van der Waals surface area contributed by atoms with Crippen LogP contribution in [0.15, 0.2) is 36.5 Å². The Labute approximate surface area is 118 Å². The minimum Gasteiger partial charge on any atom is -0.496 e. The molecule has 0 fully saturated rings. The van der Waals surface area contributed by atoms with Gasteiger partial charge in [-0.15, -0.1) is 0 Å². The fraction of sp³-hybridized carbons (Fsp3) is 0.267. The molecule has 1 heterocycles. The number of H-pyrrole nitrogens is 1. The van der Waals surface area contributed by atoms with Crippen molar-refractivity contribution in [2.75, 3.05) is 19.9 Å². The molecule has 0 bridgehead atoms. The van der Waals surface area contributed by atoms with Crippen LogP contribution in [-0.4, -0.2) is 29.9 Å². The summed E-state index contributed by atoms with van der Waals surface area (Å²) in [4.78, 5) is 16.9. The van der Waals surface area contributed by atoms with Gasteiger partial charge in [0.1, 0.15) is 11.4 Å². The number of nitrogens with one attached hydrogen (secondary N) is 1. The van der Waals surface area contributed by atoms with Crippen molar-refractivity contribution < 1.29 is 9.53 Å². The van der Waals surface area contributed by atoms with E-state index in [4.69, 9.17) is 10.5 Å². The van der Waals surface area contributed by atoms with E-state index < -0.39 is 0 Å². The van der Waals surface area contributed by atoms with E-state index in [9.17, 15) is 4.79 Å². The van der Waals surface area contributed by atoms with Crippen LogP contribution < -0.4 is 10.5 Å². The van der Waals surface area contributed by atoms with Gasteiger partial charge in [-0.1, -0.05) is 18.2 Å². The maximum Gasteiger partial charge on any atom is 0.270 e. The number of hydrogen-bond donors (Lipinski definition) is 2. The number of aromatic amines is 1. The first kappa shape index (κ1) is 14.0. The molecule has 3 N–H and O–H groups in total. The van der Waals surface area contributed by atoms with Crippen LogP contribution in [0.25, 0.3) is 0 Å². The van der Waals surface area contributed by atoms with Crippen molar-refractivity contribution in [2.24, 2.45) is 0 Å². The Kier molecular flexibility index (Phi) is 3.98. The quantitative estimate of drug-likeness (QED) is 0.898. The predicted molar refractivity (Wildman–Crippen MR) is 78.7 cm³/mol.